The molecule has 0 radical (unpaired) electrons. The predicted molar refractivity (Wildman–Crippen MR) is 182 cm³/mol. The summed E-state index contributed by atoms with van der Waals surface area (Å²) in [6, 6.07) is 10.1. The highest BCUT2D eigenvalue weighted by molar-refractivity contribution is 6.00. The molecule has 1 spiro atoms. The summed E-state index contributed by atoms with van der Waals surface area (Å²) in [5, 5.41) is 12.3. The van der Waals surface area contributed by atoms with Gasteiger partial charge in [-0.05, 0) is 45.6 Å². The zero-order valence-electron chi connectivity index (χ0n) is 30.1. The average molecular weight is 757 g/mol. The van der Waals surface area contributed by atoms with Crippen molar-refractivity contribution in [1.82, 2.24) is 19.3 Å². The highest BCUT2D eigenvalue weighted by Crippen LogP contribution is 2.52. The molecule has 1 N–H and O–H groups in total. The number of likely N-dealkylation sites (tertiary alicyclic amines) is 1. The molecule has 1 saturated carbocycles. The lowest BCUT2D eigenvalue weighted by molar-refractivity contribution is -0.190. The number of hydrogen-bond donors (Lipinski definition) is 1. The van der Waals surface area contributed by atoms with Crippen molar-refractivity contribution in [3.8, 4) is 11.1 Å². The highest BCUT2D eigenvalue weighted by Gasteiger charge is 2.56. The summed E-state index contributed by atoms with van der Waals surface area (Å²) < 4.78 is 86.5. The Morgan fingerprint density at radius 1 is 0.830 bits per heavy atom. The summed E-state index contributed by atoms with van der Waals surface area (Å²) in [7, 11) is 0. The number of pyridine rings is 1. The van der Waals surface area contributed by atoms with Gasteiger partial charge in [0.1, 0.15) is 5.60 Å². The van der Waals surface area contributed by atoms with Crippen molar-refractivity contribution in [2.45, 2.75) is 95.8 Å². The molecule has 1 aliphatic carbocycles. The number of piperazine rings is 1. The third-order valence-corrected chi connectivity index (χ3v) is 10.5. The lowest BCUT2D eigenvalue weighted by atomic mass is 9.65. The van der Waals surface area contributed by atoms with Gasteiger partial charge < -0.3 is 29.1 Å². The van der Waals surface area contributed by atoms with Crippen molar-refractivity contribution in [2.75, 3.05) is 39.3 Å². The molecule has 292 valence electrons. The van der Waals surface area contributed by atoms with Crippen LogP contribution in [-0.2, 0) is 16.1 Å². The van der Waals surface area contributed by atoms with Crippen molar-refractivity contribution < 1.29 is 50.6 Å². The van der Waals surface area contributed by atoms with Crippen LogP contribution in [0.15, 0.2) is 47.4 Å². The summed E-state index contributed by atoms with van der Waals surface area (Å²) in [6.45, 7) is 5.17. The van der Waals surface area contributed by atoms with E-state index in [-0.39, 0.29) is 57.8 Å². The normalized spacial score (nSPS) is 21.0. The maximum Gasteiger partial charge on any atom is 0.410 e. The van der Waals surface area contributed by atoms with Gasteiger partial charge >= 0.3 is 18.4 Å². The number of carbonyl (C=O) groups is 3. The van der Waals surface area contributed by atoms with Crippen LogP contribution in [0.1, 0.15) is 76.1 Å². The van der Waals surface area contributed by atoms with E-state index in [9.17, 15) is 50.6 Å². The SMILES string of the molecule is CC(C)(C)OC(=O)N1CCN(C(=O)c2cn(C[C@]3(O)CCN(C(=O)C(CC(F)(F)F)CC(F)(F)F)CC34CCCC4)c(=O)cc2-c2ccccc2)CC1. The zero-order chi connectivity index (χ0) is 39.0. The Morgan fingerprint density at radius 2 is 1.40 bits per heavy atom. The molecule has 16 heteroatoms. The minimum absolute atomic E-state index is 0.167. The van der Waals surface area contributed by atoms with E-state index in [4.69, 9.17) is 4.74 Å². The molecule has 53 heavy (non-hydrogen) atoms. The summed E-state index contributed by atoms with van der Waals surface area (Å²) >= 11 is 0. The van der Waals surface area contributed by atoms with Crippen molar-refractivity contribution in [3.05, 3.63) is 58.5 Å². The fraction of sp³-hybridized carbons (Fsp3) is 0.622. The fourth-order valence-electron chi connectivity index (χ4n) is 7.94. The van der Waals surface area contributed by atoms with E-state index in [1.807, 2.05) is 0 Å². The average Bonchev–Trinajstić information content (AvgIpc) is 3.54. The van der Waals surface area contributed by atoms with Gasteiger partial charge in [-0.3, -0.25) is 14.4 Å². The van der Waals surface area contributed by atoms with Crippen molar-refractivity contribution in [2.24, 2.45) is 11.3 Å². The first kappa shape index (κ1) is 40.1. The first-order valence-electron chi connectivity index (χ1n) is 17.8. The number of piperidine rings is 1. The zero-order valence-corrected chi connectivity index (χ0v) is 30.1. The van der Waals surface area contributed by atoms with Gasteiger partial charge in [-0.25, -0.2) is 4.79 Å². The number of rotatable bonds is 7. The molecule has 1 aromatic heterocycles. The van der Waals surface area contributed by atoms with E-state index in [0.29, 0.717) is 36.8 Å². The van der Waals surface area contributed by atoms with Crippen LogP contribution in [0.2, 0.25) is 0 Å². The minimum atomic E-state index is -5.00. The Kier molecular flexibility index (Phi) is 11.3. The molecule has 2 saturated heterocycles. The van der Waals surface area contributed by atoms with Crippen LogP contribution >= 0.6 is 0 Å². The molecular formula is C37H46F6N4O6. The number of alkyl halides is 6. The Bertz CT molecular complexity index is 1690. The molecule has 5 rings (SSSR count). The lowest BCUT2D eigenvalue weighted by Gasteiger charge is -2.53. The van der Waals surface area contributed by atoms with Crippen LogP contribution in [0.25, 0.3) is 11.1 Å². The molecule has 3 fully saturated rings. The Balaban J connectivity index is 1.42. The molecule has 0 bridgehead atoms. The van der Waals surface area contributed by atoms with E-state index in [1.54, 1.807) is 56.0 Å². The van der Waals surface area contributed by atoms with E-state index in [1.165, 1.54) is 21.7 Å². The van der Waals surface area contributed by atoms with Crippen LogP contribution in [0, 0.1) is 11.3 Å². The molecule has 3 heterocycles. The van der Waals surface area contributed by atoms with Gasteiger partial charge in [0.05, 0.1) is 36.5 Å². The monoisotopic (exact) mass is 756 g/mol. The smallest absolute Gasteiger partial charge is 0.410 e. The van der Waals surface area contributed by atoms with Crippen molar-refractivity contribution in [1.29, 1.82) is 0 Å². The van der Waals surface area contributed by atoms with E-state index < -0.39 is 71.2 Å². The summed E-state index contributed by atoms with van der Waals surface area (Å²) in [6.07, 6.45) is -11.3. The molecule has 2 aliphatic heterocycles. The number of aromatic nitrogens is 1. The number of aliphatic hydroxyl groups is 1. The second kappa shape index (κ2) is 15.0. The van der Waals surface area contributed by atoms with Crippen LogP contribution in [0.4, 0.5) is 31.1 Å². The number of ether oxygens (including phenoxy) is 1. The number of benzene rings is 1. The molecule has 2 aromatic rings. The molecule has 3 aliphatic rings. The molecular weight excluding hydrogens is 710 g/mol. The molecule has 0 unspecified atom stereocenters. The summed E-state index contributed by atoms with van der Waals surface area (Å²) in [5.41, 5.74) is -2.90. The second-order valence-electron chi connectivity index (χ2n) is 15.6. The Morgan fingerprint density at radius 3 is 1.94 bits per heavy atom. The van der Waals surface area contributed by atoms with Gasteiger partial charge in [0, 0.05) is 62.5 Å². The van der Waals surface area contributed by atoms with Crippen LogP contribution in [0.3, 0.4) is 0 Å². The molecule has 1 atom stereocenters. The topological polar surface area (TPSA) is 112 Å². The third kappa shape index (κ3) is 9.54. The van der Waals surface area contributed by atoms with E-state index >= 15 is 0 Å². The van der Waals surface area contributed by atoms with Gasteiger partial charge in [0.2, 0.25) is 5.91 Å². The van der Waals surface area contributed by atoms with E-state index in [2.05, 4.69) is 0 Å². The summed E-state index contributed by atoms with van der Waals surface area (Å²) in [5.74, 6) is -4.03. The number of nitrogens with zero attached hydrogens (tertiary/aromatic N) is 4. The van der Waals surface area contributed by atoms with Crippen molar-refractivity contribution in [3.63, 3.8) is 0 Å². The predicted octanol–water partition coefficient (Wildman–Crippen LogP) is 6.25. The van der Waals surface area contributed by atoms with Gasteiger partial charge in [0.15, 0.2) is 0 Å². The van der Waals surface area contributed by atoms with Crippen LogP contribution < -0.4 is 5.56 Å². The Labute approximate surface area is 303 Å². The van der Waals surface area contributed by atoms with Gasteiger partial charge in [-0.15, -0.1) is 0 Å². The molecule has 3 amide bonds. The van der Waals surface area contributed by atoms with Gasteiger partial charge in [-0.1, -0.05) is 43.2 Å². The lowest BCUT2D eigenvalue weighted by Crippen LogP contribution is -2.62. The van der Waals surface area contributed by atoms with Gasteiger partial charge in [-0.2, -0.15) is 26.3 Å². The van der Waals surface area contributed by atoms with Crippen LogP contribution in [-0.4, -0.2) is 105 Å². The molecule has 1 aromatic carbocycles. The largest absolute Gasteiger partial charge is 0.444 e. The highest BCUT2D eigenvalue weighted by atomic mass is 19.4. The third-order valence-electron chi connectivity index (χ3n) is 10.5. The number of amides is 3. The second-order valence-corrected chi connectivity index (χ2v) is 15.6. The number of halogens is 6. The number of carbonyl (C=O) groups excluding carboxylic acids is 3. The Hall–Kier alpha value is -4.08. The van der Waals surface area contributed by atoms with Crippen LogP contribution in [0.5, 0.6) is 0 Å². The fourth-order valence-corrected chi connectivity index (χ4v) is 7.94. The quantitative estimate of drug-likeness (QED) is 0.335. The maximum atomic E-state index is 14.2. The first-order valence-corrected chi connectivity index (χ1v) is 17.8. The minimum Gasteiger partial charge on any atom is -0.444 e. The summed E-state index contributed by atoms with van der Waals surface area (Å²) in [4.78, 5) is 57.9. The maximum absolute atomic E-state index is 14.2. The molecule has 10 nitrogen and oxygen atoms in total. The van der Waals surface area contributed by atoms with Gasteiger partial charge in [0.25, 0.3) is 11.5 Å². The first-order chi connectivity index (χ1) is 24.6. The standard InChI is InChI=1S/C37H46F6N4O6/c1-33(2,3)53-32(51)45-17-15-44(16-18-45)31(50)28-22-47(29(48)19-27(28)25-9-5-4-6-10-25)24-35(52)13-14-46(23-34(35)11-7-8-12-34)30(49)26(20-36(38,39)40)21-37(41,42)43/h4-6,9-10,19,22,26,52H,7-8,11-18,20-21,23-24H2,1-3H3/t35-/m1/s1. The van der Waals surface area contributed by atoms with E-state index in [0.717, 1.165) is 4.90 Å². The van der Waals surface area contributed by atoms with Crippen molar-refractivity contribution >= 4 is 17.9 Å². The number of hydrogen-bond acceptors (Lipinski definition) is 6.